The van der Waals surface area contributed by atoms with Crippen molar-refractivity contribution in [2.24, 2.45) is 0 Å². The van der Waals surface area contributed by atoms with Gasteiger partial charge in [-0.15, -0.1) is 0 Å². The van der Waals surface area contributed by atoms with Gasteiger partial charge in [-0.25, -0.2) is 0 Å². The van der Waals surface area contributed by atoms with Crippen LogP contribution in [0.25, 0.3) is 0 Å². The Labute approximate surface area is 75.0 Å². The van der Waals surface area contributed by atoms with Crippen molar-refractivity contribution in [3.05, 3.63) is 27.8 Å². The summed E-state index contributed by atoms with van der Waals surface area (Å²) in [5.74, 6) is 0. The maximum Gasteiger partial charge on any atom is 0.0421 e. The van der Waals surface area contributed by atoms with Crippen LogP contribution in [0.4, 0.5) is 5.69 Å². The molecule has 0 unspecified atom stereocenters. The van der Waals surface area contributed by atoms with Crippen molar-refractivity contribution < 1.29 is 0 Å². The zero-order valence-electron chi connectivity index (χ0n) is 5.82. The fourth-order valence-corrected chi connectivity index (χ4v) is 1.04. The number of rotatable bonds is 2. The van der Waals surface area contributed by atoms with E-state index in [9.17, 15) is 0 Å². The predicted octanol–water partition coefficient (Wildman–Crippen LogP) is 2.52. The number of benzene rings is 1. The first-order chi connectivity index (χ1) is 4.83. The van der Waals surface area contributed by atoms with Gasteiger partial charge in [-0.1, -0.05) is 0 Å². The number of hydrogen-bond donors (Lipinski definition) is 1. The van der Waals surface area contributed by atoms with E-state index >= 15 is 0 Å². The largest absolute Gasteiger partial charge is 0.385 e. The Balaban J connectivity index is 2.69. The van der Waals surface area contributed by atoms with E-state index in [1.54, 1.807) is 0 Å². The summed E-state index contributed by atoms with van der Waals surface area (Å²) in [5.41, 5.74) is 1.07. The molecular weight excluding hydrogens is 237 g/mol. The maximum atomic E-state index is 3.18. The van der Waals surface area contributed by atoms with Crippen molar-refractivity contribution in [3.63, 3.8) is 0 Å². The van der Waals surface area contributed by atoms with Gasteiger partial charge in [-0.05, 0) is 47.7 Å². The van der Waals surface area contributed by atoms with Gasteiger partial charge >= 0.3 is 0 Å². The highest BCUT2D eigenvalue weighted by Crippen LogP contribution is 2.09. The zero-order chi connectivity index (χ0) is 7.40. The van der Waals surface area contributed by atoms with Gasteiger partial charge in [-0.3, -0.25) is 0 Å². The highest BCUT2D eigenvalue weighted by Gasteiger charge is 1.87. The minimum absolute atomic E-state index is 0.955. The Morgan fingerprint density at radius 2 is 2.40 bits per heavy atom. The lowest BCUT2D eigenvalue weighted by molar-refractivity contribution is 1.21. The van der Waals surface area contributed by atoms with Crippen LogP contribution < -0.4 is 5.32 Å². The smallest absolute Gasteiger partial charge is 0.0421 e. The minimum atomic E-state index is 0.955. The standard InChI is InChI=1S/C8H9IN/c1-2-10-8-5-3-7(9)4-6-8/h3-5,10H,2H2,1H3. The second kappa shape index (κ2) is 3.81. The fraction of sp³-hybridized carbons (Fsp3) is 0.250. The molecule has 0 aliphatic heterocycles. The summed E-state index contributed by atoms with van der Waals surface area (Å²) in [5, 5.41) is 3.18. The molecule has 0 saturated heterocycles. The Kier molecular flexibility index (Phi) is 2.99. The first-order valence-corrected chi connectivity index (χ1v) is 4.32. The molecule has 0 saturated carbocycles. The van der Waals surface area contributed by atoms with Gasteiger partial charge in [0.25, 0.3) is 0 Å². The molecule has 2 heteroatoms. The van der Waals surface area contributed by atoms with Crippen molar-refractivity contribution in [1.29, 1.82) is 0 Å². The molecule has 0 spiro atoms. The molecule has 1 aromatic rings. The van der Waals surface area contributed by atoms with Crippen LogP contribution in [0.2, 0.25) is 0 Å². The number of nitrogens with one attached hydrogen (secondary N) is 1. The molecule has 1 N–H and O–H groups in total. The van der Waals surface area contributed by atoms with E-state index in [0.717, 1.165) is 12.2 Å². The minimum Gasteiger partial charge on any atom is -0.385 e. The summed E-state index contributed by atoms with van der Waals surface area (Å²) in [6.45, 7) is 3.03. The molecule has 1 radical (unpaired) electrons. The van der Waals surface area contributed by atoms with Crippen LogP contribution in [0.15, 0.2) is 18.2 Å². The van der Waals surface area contributed by atoms with E-state index in [4.69, 9.17) is 0 Å². The molecule has 0 amide bonds. The fourth-order valence-electron chi connectivity index (χ4n) is 0.706. The van der Waals surface area contributed by atoms with E-state index < -0.39 is 0 Å². The highest BCUT2D eigenvalue weighted by molar-refractivity contribution is 14.1. The Morgan fingerprint density at radius 3 is 2.90 bits per heavy atom. The summed E-state index contributed by atoms with van der Waals surface area (Å²) < 4.78 is 1.22. The molecule has 0 aliphatic carbocycles. The lowest BCUT2D eigenvalue weighted by Gasteiger charge is -2.00. The van der Waals surface area contributed by atoms with Crippen LogP contribution in [0.1, 0.15) is 6.92 Å². The average Bonchev–Trinajstić information content (AvgIpc) is 1.95. The number of anilines is 1. The highest BCUT2D eigenvalue weighted by atomic mass is 127. The molecule has 0 heterocycles. The van der Waals surface area contributed by atoms with Crippen LogP contribution >= 0.6 is 22.6 Å². The molecule has 1 nitrogen and oxygen atoms in total. The average molecular weight is 246 g/mol. The monoisotopic (exact) mass is 246 g/mol. The second-order valence-electron chi connectivity index (χ2n) is 1.95. The summed E-state index contributed by atoms with van der Waals surface area (Å²) >= 11 is 2.27. The third-order valence-electron chi connectivity index (χ3n) is 1.14. The normalized spacial score (nSPS) is 9.40. The number of halogens is 1. The molecule has 10 heavy (non-hydrogen) atoms. The van der Waals surface area contributed by atoms with Gasteiger partial charge in [0.05, 0.1) is 0 Å². The van der Waals surface area contributed by atoms with Crippen molar-refractivity contribution >= 4 is 28.3 Å². The van der Waals surface area contributed by atoms with Crippen LogP contribution in [0.5, 0.6) is 0 Å². The first-order valence-electron chi connectivity index (χ1n) is 3.24. The zero-order valence-corrected chi connectivity index (χ0v) is 7.97. The predicted molar refractivity (Wildman–Crippen MR) is 52.2 cm³/mol. The summed E-state index contributed by atoms with van der Waals surface area (Å²) in [7, 11) is 0. The van der Waals surface area contributed by atoms with E-state index in [1.807, 2.05) is 12.1 Å². The summed E-state index contributed by atoms with van der Waals surface area (Å²) in [4.78, 5) is 0. The third kappa shape index (κ3) is 2.17. The Bertz CT molecular complexity index is 193. The third-order valence-corrected chi connectivity index (χ3v) is 1.81. The van der Waals surface area contributed by atoms with E-state index in [1.165, 1.54) is 3.57 Å². The van der Waals surface area contributed by atoms with Gasteiger partial charge < -0.3 is 5.32 Å². The number of hydrogen-bond acceptors (Lipinski definition) is 1. The van der Waals surface area contributed by atoms with E-state index in [0.29, 0.717) is 0 Å². The molecule has 53 valence electrons. The van der Waals surface area contributed by atoms with Gasteiger partial charge in [0.1, 0.15) is 0 Å². The van der Waals surface area contributed by atoms with Crippen LogP contribution in [-0.2, 0) is 0 Å². The maximum absolute atomic E-state index is 3.18. The van der Waals surface area contributed by atoms with Crippen molar-refractivity contribution in [1.82, 2.24) is 0 Å². The van der Waals surface area contributed by atoms with E-state index in [-0.39, 0.29) is 0 Å². The van der Waals surface area contributed by atoms with Gasteiger partial charge in [0.2, 0.25) is 0 Å². The van der Waals surface area contributed by atoms with Crippen LogP contribution in [-0.4, -0.2) is 6.54 Å². The Hall–Kier alpha value is -0.250. The molecule has 0 bridgehead atoms. The molecule has 0 aliphatic rings. The lowest BCUT2D eigenvalue weighted by atomic mass is 10.3. The van der Waals surface area contributed by atoms with Crippen LogP contribution in [0, 0.1) is 9.64 Å². The SMILES string of the molecule is CCNc1[c]cc(I)cc1. The van der Waals surface area contributed by atoms with Gasteiger partial charge in [-0.2, -0.15) is 0 Å². The quantitative estimate of drug-likeness (QED) is 0.790. The van der Waals surface area contributed by atoms with Gasteiger partial charge in [0.15, 0.2) is 0 Å². The summed E-state index contributed by atoms with van der Waals surface area (Å²) in [6, 6.07) is 9.19. The molecular formula is C8H9IN. The van der Waals surface area contributed by atoms with Gasteiger partial charge in [0, 0.05) is 21.9 Å². The van der Waals surface area contributed by atoms with Crippen molar-refractivity contribution in [2.75, 3.05) is 11.9 Å². The van der Waals surface area contributed by atoms with Crippen LogP contribution in [0.3, 0.4) is 0 Å². The molecule has 0 aromatic heterocycles. The molecule has 1 rings (SSSR count). The second-order valence-corrected chi connectivity index (χ2v) is 3.20. The molecule has 1 aromatic carbocycles. The molecule has 0 fully saturated rings. The molecule has 0 atom stereocenters. The summed E-state index contributed by atoms with van der Waals surface area (Å²) in [6.07, 6.45) is 0. The van der Waals surface area contributed by atoms with Crippen molar-refractivity contribution in [2.45, 2.75) is 6.92 Å². The van der Waals surface area contributed by atoms with E-state index in [2.05, 4.69) is 47.0 Å². The Morgan fingerprint density at radius 1 is 1.60 bits per heavy atom. The van der Waals surface area contributed by atoms with Crippen molar-refractivity contribution in [3.8, 4) is 0 Å². The topological polar surface area (TPSA) is 12.0 Å². The lowest BCUT2D eigenvalue weighted by Crippen LogP contribution is -1.95. The first kappa shape index (κ1) is 7.85.